The number of rotatable bonds is 4. The Morgan fingerprint density at radius 2 is 2.50 bits per heavy atom. The predicted octanol–water partition coefficient (Wildman–Crippen LogP) is 1.42. The molecule has 0 radical (unpaired) electrons. The van der Waals surface area contributed by atoms with Crippen molar-refractivity contribution in [2.75, 3.05) is 0 Å². The smallest absolute Gasteiger partial charge is 0.386 e. The summed E-state index contributed by atoms with van der Waals surface area (Å²) >= 11 is 0.521. The zero-order valence-corrected chi connectivity index (χ0v) is 8.49. The SMILES string of the molecule is [N-]=[N+]=NOC(=O)Sc1nccn1CC(=O)O. The van der Waals surface area contributed by atoms with Crippen LogP contribution in [0.1, 0.15) is 0 Å². The minimum Gasteiger partial charge on any atom is -0.480 e. The highest BCUT2D eigenvalue weighted by molar-refractivity contribution is 8.13. The summed E-state index contributed by atoms with van der Waals surface area (Å²) in [5.74, 6) is -1.07. The van der Waals surface area contributed by atoms with Gasteiger partial charge in [-0.1, -0.05) is 0 Å². The quantitative estimate of drug-likeness (QED) is 0.280. The van der Waals surface area contributed by atoms with Crippen molar-refractivity contribution in [3.63, 3.8) is 0 Å². The number of carbonyl (C=O) groups is 2. The number of hydrogen-bond acceptors (Lipinski definition) is 6. The molecule has 9 nitrogen and oxygen atoms in total. The fourth-order valence-electron chi connectivity index (χ4n) is 0.811. The normalized spacial score (nSPS) is 9.25. The summed E-state index contributed by atoms with van der Waals surface area (Å²) in [6.07, 6.45) is 2.74. The van der Waals surface area contributed by atoms with Gasteiger partial charge in [-0.3, -0.25) is 4.79 Å². The molecule has 0 aliphatic carbocycles. The first-order valence-electron chi connectivity index (χ1n) is 3.79. The third-order valence-electron chi connectivity index (χ3n) is 1.31. The van der Waals surface area contributed by atoms with Crippen LogP contribution in [0.15, 0.2) is 22.8 Å². The topological polar surface area (TPSA) is 130 Å². The van der Waals surface area contributed by atoms with Gasteiger partial charge in [0.15, 0.2) is 5.16 Å². The Morgan fingerprint density at radius 3 is 3.12 bits per heavy atom. The second kappa shape index (κ2) is 5.63. The molecular formula is C6H5N5O4S. The number of hydrogen-bond donors (Lipinski definition) is 1. The van der Waals surface area contributed by atoms with Gasteiger partial charge in [-0.2, -0.15) is 0 Å². The molecule has 0 unspecified atom stereocenters. The lowest BCUT2D eigenvalue weighted by molar-refractivity contribution is -0.137. The van der Waals surface area contributed by atoms with Gasteiger partial charge in [0.2, 0.25) is 0 Å². The average molecular weight is 243 g/mol. The van der Waals surface area contributed by atoms with Crippen molar-refractivity contribution < 1.29 is 19.5 Å². The summed E-state index contributed by atoms with van der Waals surface area (Å²) in [7, 11) is 0. The first-order valence-corrected chi connectivity index (χ1v) is 4.61. The molecule has 0 saturated carbocycles. The van der Waals surface area contributed by atoms with Gasteiger partial charge in [0.25, 0.3) is 0 Å². The number of carboxylic acids is 1. The van der Waals surface area contributed by atoms with E-state index in [9.17, 15) is 9.59 Å². The van der Waals surface area contributed by atoms with Crippen molar-refractivity contribution in [2.24, 2.45) is 5.28 Å². The molecule has 0 atom stereocenters. The fraction of sp³-hybridized carbons (Fsp3) is 0.167. The number of carboxylic acid groups (broad SMARTS) is 1. The molecule has 84 valence electrons. The van der Waals surface area contributed by atoms with Crippen LogP contribution in [0.3, 0.4) is 0 Å². The number of thioether (sulfide) groups is 1. The van der Waals surface area contributed by atoms with E-state index in [0.717, 1.165) is 0 Å². The Labute approximate surface area is 92.6 Å². The summed E-state index contributed by atoms with van der Waals surface area (Å²) in [5, 5.41) is 10.4. The number of aromatic nitrogens is 2. The first kappa shape index (κ1) is 11.9. The van der Waals surface area contributed by atoms with Gasteiger partial charge in [-0.05, 0) is 5.53 Å². The molecule has 0 aliphatic heterocycles. The molecule has 0 amide bonds. The lowest BCUT2D eigenvalue weighted by atomic mass is 10.6. The Hall–Kier alpha value is -2.19. The summed E-state index contributed by atoms with van der Waals surface area (Å²) in [4.78, 5) is 31.4. The Morgan fingerprint density at radius 1 is 1.75 bits per heavy atom. The van der Waals surface area contributed by atoms with Gasteiger partial charge in [-0.25, -0.2) is 9.78 Å². The van der Waals surface area contributed by atoms with Gasteiger partial charge >= 0.3 is 11.3 Å². The predicted molar refractivity (Wildman–Crippen MR) is 51.3 cm³/mol. The Bertz CT molecular complexity index is 452. The molecule has 0 aliphatic rings. The summed E-state index contributed by atoms with van der Waals surface area (Å²) in [6, 6.07) is 0. The van der Waals surface area contributed by atoms with Crippen LogP contribution in [0.4, 0.5) is 4.79 Å². The van der Waals surface area contributed by atoms with Crippen molar-refractivity contribution in [1.82, 2.24) is 9.55 Å². The fourth-order valence-corrected chi connectivity index (χ4v) is 1.39. The Balaban J connectivity index is 2.66. The second-order valence-corrected chi connectivity index (χ2v) is 3.25. The highest BCUT2D eigenvalue weighted by atomic mass is 32.2. The number of azide groups is 1. The molecule has 1 aromatic rings. The van der Waals surface area contributed by atoms with Gasteiger partial charge in [0.1, 0.15) is 11.8 Å². The molecule has 0 aromatic carbocycles. The zero-order chi connectivity index (χ0) is 12.0. The lowest BCUT2D eigenvalue weighted by Crippen LogP contribution is -2.09. The highest BCUT2D eigenvalue weighted by Crippen LogP contribution is 2.18. The minimum atomic E-state index is -1.07. The summed E-state index contributed by atoms with van der Waals surface area (Å²) < 4.78 is 1.24. The maximum atomic E-state index is 11.0. The zero-order valence-electron chi connectivity index (χ0n) is 7.68. The van der Waals surface area contributed by atoms with Crippen LogP contribution >= 0.6 is 11.8 Å². The number of aliphatic carboxylic acids is 1. The van der Waals surface area contributed by atoms with Crippen molar-refractivity contribution in [1.29, 1.82) is 0 Å². The van der Waals surface area contributed by atoms with Crippen molar-refractivity contribution in [3.8, 4) is 0 Å². The largest absolute Gasteiger partial charge is 0.480 e. The van der Waals surface area contributed by atoms with E-state index < -0.39 is 11.3 Å². The standard InChI is InChI=1S/C6H5N5O4S/c7-9-10-15-6(14)16-5-8-1-2-11(5)3-4(12)13/h1-2H,3H2,(H,12,13). The first-order chi connectivity index (χ1) is 7.63. The molecular weight excluding hydrogens is 238 g/mol. The summed E-state index contributed by atoms with van der Waals surface area (Å²) in [6.45, 7) is -0.322. The van der Waals surface area contributed by atoms with Crippen molar-refractivity contribution in [2.45, 2.75) is 11.7 Å². The van der Waals surface area contributed by atoms with Crippen LogP contribution in [0.25, 0.3) is 10.4 Å². The van der Waals surface area contributed by atoms with Crippen LogP contribution in [0.2, 0.25) is 0 Å². The van der Waals surface area contributed by atoms with Crippen molar-refractivity contribution >= 4 is 23.0 Å². The van der Waals surface area contributed by atoms with E-state index >= 15 is 0 Å². The van der Waals surface area contributed by atoms with Gasteiger partial charge in [0.05, 0.1) is 0 Å². The van der Waals surface area contributed by atoms with E-state index in [-0.39, 0.29) is 11.7 Å². The molecule has 1 heterocycles. The molecule has 1 rings (SSSR count). The van der Waals surface area contributed by atoms with E-state index in [4.69, 9.17) is 10.6 Å². The molecule has 1 aromatic heterocycles. The second-order valence-electron chi connectivity index (χ2n) is 2.35. The maximum absolute atomic E-state index is 11.0. The lowest BCUT2D eigenvalue weighted by Gasteiger charge is -2.01. The molecule has 0 fully saturated rings. The molecule has 0 bridgehead atoms. The van der Waals surface area contributed by atoms with E-state index in [1.165, 1.54) is 17.0 Å². The van der Waals surface area contributed by atoms with Crippen LogP contribution in [0, 0.1) is 0 Å². The number of imidazole rings is 1. The van der Waals surface area contributed by atoms with Gasteiger partial charge < -0.3 is 14.5 Å². The third kappa shape index (κ3) is 3.52. The monoisotopic (exact) mass is 243 g/mol. The van der Waals surface area contributed by atoms with Crippen molar-refractivity contribution in [3.05, 3.63) is 22.8 Å². The highest BCUT2D eigenvalue weighted by Gasteiger charge is 2.12. The van der Waals surface area contributed by atoms with Crippen LogP contribution in [-0.2, 0) is 16.2 Å². The van der Waals surface area contributed by atoms with Crippen LogP contribution < -0.4 is 0 Å². The van der Waals surface area contributed by atoms with Gasteiger partial charge in [-0.15, -0.1) is 0 Å². The molecule has 0 saturated heterocycles. The molecule has 10 heteroatoms. The van der Waals surface area contributed by atoms with E-state index in [2.05, 4.69) is 20.0 Å². The van der Waals surface area contributed by atoms with E-state index in [1.54, 1.807) is 0 Å². The van der Waals surface area contributed by atoms with Crippen LogP contribution in [-0.4, -0.2) is 25.9 Å². The molecule has 16 heavy (non-hydrogen) atoms. The van der Waals surface area contributed by atoms with Gasteiger partial charge in [0, 0.05) is 29.1 Å². The summed E-state index contributed by atoms with van der Waals surface area (Å²) in [5.41, 5.74) is 7.89. The molecule has 1 N–H and O–H groups in total. The van der Waals surface area contributed by atoms with E-state index in [0.29, 0.717) is 11.8 Å². The number of carbonyl (C=O) groups excluding carboxylic acids is 1. The Kier molecular flexibility index (Phi) is 4.18. The minimum absolute atomic E-state index is 0.139. The van der Waals surface area contributed by atoms with Crippen LogP contribution in [0.5, 0.6) is 0 Å². The molecule has 0 spiro atoms. The maximum Gasteiger partial charge on any atom is 0.386 e. The average Bonchev–Trinajstić information content (AvgIpc) is 2.62. The van der Waals surface area contributed by atoms with E-state index in [1.807, 2.05) is 0 Å². The number of nitrogens with zero attached hydrogens (tertiary/aromatic N) is 5. The third-order valence-corrected chi connectivity index (χ3v) is 2.07.